The monoisotopic (exact) mass is 389 g/mol. The first-order valence-corrected chi connectivity index (χ1v) is 9.08. The molecular weight excluding hydrogens is 372 g/mol. The molecule has 27 heavy (non-hydrogen) atoms. The number of rotatable bonds is 1. The molecule has 0 aliphatic carbocycles. The first-order chi connectivity index (χ1) is 12.9. The van der Waals surface area contributed by atoms with Crippen molar-refractivity contribution >= 4 is 23.2 Å². The molecule has 0 saturated carbocycles. The third kappa shape index (κ3) is 3.37. The minimum atomic E-state index is -1.08. The smallest absolute Gasteiger partial charge is 0.257 e. The van der Waals surface area contributed by atoms with Gasteiger partial charge in [0.15, 0.2) is 16.7 Å². The number of amides is 1. The van der Waals surface area contributed by atoms with Crippen LogP contribution in [0.3, 0.4) is 0 Å². The topological polar surface area (TPSA) is 54.3 Å². The van der Waals surface area contributed by atoms with Crippen LogP contribution in [0.1, 0.15) is 28.4 Å². The average Bonchev–Trinajstić information content (AvgIpc) is 2.64. The summed E-state index contributed by atoms with van der Waals surface area (Å²) >= 11 is 5.37. The van der Waals surface area contributed by atoms with Gasteiger partial charge in [-0.15, -0.1) is 0 Å². The standard InChI is InChI=1S/C19H17F2N3O2S/c20-14-5-4-12(7-15(14)21)18(26)22-19(27)23-8-11-6-13(10-23)16-2-1-3-17(25)24(16)9-11/h1-5,7,11,13H,6,8-10H2,(H,22,26,27)/t11-,13+/m1/s1. The lowest BCUT2D eigenvalue weighted by atomic mass is 9.83. The molecule has 8 heteroatoms. The largest absolute Gasteiger partial charge is 0.348 e. The number of hydrogen-bond acceptors (Lipinski definition) is 3. The fourth-order valence-electron chi connectivity index (χ4n) is 3.95. The third-order valence-electron chi connectivity index (χ3n) is 5.17. The summed E-state index contributed by atoms with van der Waals surface area (Å²) in [4.78, 5) is 26.3. The number of carbonyl (C=O) groups excluding carboxylic acids is 1. The Labute approximate surface area is 159 Å². The molecule has 2 aliphatic rings. The van der Waals surface area contributed by atoms with Crippen LogP contribution >= 0.6 is 12.2 Å². The zero-order valence-electron chi connectivity index (χ0n) is 14.3. The minimum absolute atomic E-state index is 0.00451. The molecule has 1 aromatic carbocycles. The van der Waals surface area contributed by atoms with E-state index in [9.17, 15) is 18.4 Å². The predicted octanol–water partition coefficient (Wildman–Crippen LogP) is 2.26. The van der Waals surface area contributed by atoms with Crippen LogP contribution in [-0.4, -0.2) is 33.6 Å². The van der Waals surface area contributed by atoms with E-state index in [2.05, 4.69) is 5.32 Å². The summed E-state index contributed by atoms with van der Waals surface area (Å²) < 4.78 is 28.2. The maximum Gasteiger partial charge on any atom is 0.257 e. The van der Waals surface area contributed by atoms with Crippen LogP contribution in [-0.2, 0) is 6.54 Å². The second kappa shape index (κ2) is 6.84. The van der Waals surface area contributed by atoms with E-state index in [1.165, 1.54) is 6.07 Å². The van der Waals surface area contributed by atoms with Crippen LogP contribution in [0.15, 0.2) is 41.2 Å². The molecule has 0 unspecified atom stereocenters. The number of carbonyl (C=O) groups is 1. The van der Waals surface area contributed by atoms with Crippen LogP contribution < -0.4 is 10.9 Å². The lowest BCUT2D eigenvalue weighted by Gasteiger charge is -2.43. The van der Waals surface area contributed by atoms with E-state index in [1.807, 2.05) is 15.5 Å². The molecule has 4 rings (SSSR count). The molecule has 1 amide bonds. The first-order valence-electron chi connectivity index (χ1n) is 8.67. The fraction of sp³-hybridized carbons (Fsp3) is 0.316. The molecule has 0 spiro atoms. The summed E-state index contributed by atoms with van der Waals surface area (Å²) in [5.74, 6) is -2.25. The molecule has 2 aromatic rings. The second-order valence-corrected chi connectivity index (χ2v) is 7.38. The molecule has 1 saturated heterocycles. The Morgan fingerprint density at radius 2 is 1.93 bits per heavy atom. The second-order valence-electron chi connectivity index (χ2n) is 6.99. The first kappa shape index (κ1) is 17.8. The summed E-state index contributed by atoms with van der Waals surface area (Å²) in [5, 5.41) is 2.85. The molecule has 3 heterocycles. The van der Waals surface area contributed by atoms with Crippen LogP contribution in [0.4, 0.5) is 8.78 Å². The van der Waals surface area contributed by atoms with E-state index in [4.69, 9.17) is 12.2 Å². The molecule has 1 aromatic heterocycles. The summed E-state index contributed by atoms with van der Waals surface area (Å²) in [6.07, 6.45) is 0.972. The highest BCUT2D eigenvalue weighted by atomic mass is 32.1. The van der Waals surface area contributed by atoms with Gasteiger partial charge in [-0.25, -0.2) is 8.78 Å². The van der Waals surface area contributed by atoms with E-state index in [-0.39, 0.29) is 28.1 Å². The Morgan fingerprint density at radius 3 is 2.70 bits per heavy atom. The SMILES string of the molecule is O=C(NC(=S)N1C[C@H]2C[C@@H](C1)c1cccc(=O)n1C2)c1ccc(F)c(F)c1. The summed E-state index contributed by atoms with van der Waals surface area (Å²) in [6, 6.07) is 8.25. The van der Waals surface area contributed by atoms with E-state index >= 15 is 0 Å². The lowest BCUT2D eigenvalue weighted by molar-refractivity contribution is 0.0967. The predicted molar refractivity (Wildman–Crippen MR) is 99.5 cm³/mol. The molecule has 1 fully saturated rings. The van der Waals surface area contributed by atoms with Crippen molar-refractivity contribution in [2.45, 2.75) is 18.9 Å². The number of benzene rings is 1. The van der Waals surface area contributed by atoms with Crippen LogP contribution in [0.2, 0.25) is 0 Å². The van der Waals surface area contributed by atoms with E-state index in [0.29, 0.717) is 19.6 Å². The van der Waals surface area contributed by atoms with Gasteiger partial charge in [-0.2, -0.15) is 0 Å². The van der Waals surface area contributed by atoms with Crippen LogP contribution in [0.25, 0.3) is 0 Å². The number of likely N-dealkylation sites (tertiary alicyclic amines) is 1. The Hall–Kier alpha value is -2.61. The molecular formula is C19H17F2N3O2S. The van der Waals surface area contributed by atoms with Gasteiger partial charge in [-0.1, -0.05) is 6.07 Å². The van der Waals surface area contributed by atoms with Gasteiger partial charge >= 0.3 is 0 Å². The van der Waals surface area contributed by atoms with E-state index in [1.54, 1.807) is 12.1 Å². The van der Waals surface area contributed by atoms with E-state index in [0.717, 1.165) is 24.2 Å². The van der Waals surface area contributed by atoms with Crippen molar-refractivity contribution in [2.24, 2.45) is 5.92 Å². The summed E-state index contributed by atoms with van der Waals surface area (Å²) in [7, 11) is 0. The van der Waals surface area contributed by atoms with Gasteiger partial charge in [0.2, 0.25) is 0 Å². The third-order valence-corrected chi connectivity index (χ3v) is 5.53. The zero-order chi connectivity index (χ0) is 19.1. The Bertz CT molecular complexity index is 991. The Kier molecular flexibility index (Phi) is 4.51. The zero-order valence-corrected chi connectivity index (χ0v) is 15.1. The number of aromatic nitrogens is 1. The molecule has 0 radical (unpaired) electrons. The van der Waals surface area contributed by atoms with Crippen molar-refractivity contribution in [2.75, 3.05) is 13.1 Å². The van der Waals surface area contributed by atoms with Crippen molar-refractivity contribution in [3.63, 3.8) is 0 Å². The maximum atomic E-state index is 13.3. The fourth-order valence-corrected chi connectivity index (χ4v) is 4.19. The Balaban J connectivity index is 1.48. The van der Waals surface area contributed by atoms with Gasteiger partial charge in [0.25, 0.3) is 11.5 Å². The van der Waals surface area contributed by atoms with Crippen molar-refractivity contribution in [1.82, 2.24) is 14.8 Å². The number of piperidine rings is 1. The number of halogens is 2. The molecule has 140 valence electrons. The number of nitrogens with zero attached hydrogens (tertiary/aromatic N) is 2. The molecule has 1 N–H and O–H groups in total. The number of fused-ring (bicyclic) bond motifs is 4. The van der Waals surface area contributed by atoms with Crippen molar-refractivity contribution < 1.29 is 13.6 Å². The van der Waals surface area contributed by atoms with Gasteiger partial charge in [-0.3, -0.25) is 14.9 Å². The highest BCUT2D eigenvalue weighted by Crippen LogP contribution is 2.34. The number of pyridine rings is 1. The highest BCUT2D eigenvalue weighted by molar-refractivity contribution is 7.80. The lowest BCUT2D eigenvalue weighted by Crippen LogP contribution is -2.52. The molecule has 2 atom stereocenters. The van der Waals surface area contributed by atoms with Gasteiger partial charge < -0.3 is 9.47 Å². The molecule has 2 aliphatic heterocycles. The molecule has 5 nitrogen and oxygen atoms in total. The van der Waals surface area contributed by atoms with Crippen molar-refractivity contribution in [1.29, 1.82) is 0 Å². The average molecular weight is 389 g/mol. The van der Waals surface area contributed by atoms with Crippen LogP contribution in [0.5, 0.6) is 0 Å². The van der Waals surface area contributed by atoms with Gasteiger partial charge in [0, 0.05) is 42.9 Å². The van der Waals surface area contributed by atoms with Gasteiger partial charge in [-0.05, 0) is 48.8 Å². The van der Waals surface area contributed by atoms with Gasteiger partial charge in [0.05, 0.1) is 0 Å². The Morgan fingerprint density at radius 1 is 1.11 bits per heavy atom. The normalized spacial score (nSPS) is 20.7. The maximum absolute atomic E-state index is 13.3. The summed E-state index contributed by atoms with van der Waals surface area (Å²) in [5.41, 5.74) is 0.994. The highest BCUT2D eigenvalue weighted by Gasteiger charge is 2.35. The quantitative estimate of drug-likeness (QED) is 0.761. The summed E-state index contributed by atoms with van der Waals surface area (Å²) in [6.45, 7) is 1.85. The van der Waals surface area contributed by atoms with Crippen molar-refractivity contribution in [3.8, 4) is 0 Å². The number of hydrogen-bond donors (Lipinski definition) is 1. The number of nitrogens with one attached hydrogen (secondary N) is 1. The van der Waals surface area contributed by atoms with Crippen LogP contribution in [0, 0.1) is 17.6 Å². The van der Waals surface area contributed by atoms with E-state index < -0.39 is 17.5 Å². The van der Waals surface area contributed by atoms with Gasteiger partial charge in [0.1, 0.15) is 0 Å². The minimum Gasteiger partial charge on any atom is -0.348 e. The molecule has 2 bridgehead atoms. The van der Waals surface area contributed by atoms with Crippen molar-refractivity contribution in [3.05, 3.63) is 69.6 Å². The number of thiocarbonyl (C=S) groups is 1.